The van der Waals surface area contributed by atoms with Gasteiger partial charge in [-0.3, -0.25) is 5.10 Å². The van der Waals surface area contributed by atoms with Gasteiger partial charge in [-0.15, -0.1) is 0 Å². The van der Waals surface area contributed by atoms with Crippen LogP contribution in [-0.2, 0) is 6.42 Å². The lowest BCUT2D eigenvalue weighted by molar-refractivity contribution is 0.525. The average Bonchev–Trinajstić information content (AvgIpc) is 3.09. The summed E-state index contributed by atoms with van der Waals surface area (Å²) in [6.07, 6.45) is 3.47. The second-order valence-electron chi connectivity index (χ2n) is 4.87. The van der Waals surface area contributed by atoms with Crippen LogP contribution in [0.2, 0.25) is 0 Å². The van der Waals surface area contributed by atoms with Crippen LogP contribution in [0, 0.1) is 5.92 Å². The van der Waals surface area contributed by atoms with Gasteiger partial charge in [0, 0.05) is 12.0 Å². The van der Waals surface area contributed by atoms with E-state index in [1.807, 2.05) is 30.3 Å². The molecule has 2 N–H and O–H groups in total. The second-order valence-corrected chi connectivity index (χ2v) is 4.87. The van der Waals surface area contributed by atoms with Crippen molar-refractivity contribution in [1.29, 1.82) is 0 Å². The maximum atomic E-state index is 4.55. The van der Waals surface area contributed by atoms with Crippen molar-refractivity contribution in [2.75, 3.05) is 13.1 Å². The number of aryl methyl sites for hydroxylation is 1. The van der Waals surface area contributed by atoms with Crippen LogP contribution in [0.1, 0.15) is 18.7 Å². The van der Waals surface area contributed by atoms with E-state index in [1.165, 1.54) is 12.8 Å². The Morgan fingerprint density at radius 2 is 2.11 bits per heavy atom. The summed E-state index contributed by atoms with van der Waals surface area (Å²) in [4.78, 5) is 4.55. The molecule has 4 nitrogen and oxygen atoms in total. The van der Waals surface area contributed by atoms with Crippen molar-refractivity contribution in [3.63, 3.8) is 0 Å². The van der Waals surface area contributed by atoms with Crippen molar-refractivity contribution < 1.29 is 0 Å². The smallest absolute Gasteiger partial charge is 0.181 e. The Kier molecular flexibility index (Phi) is 3.37. The molecule has 0 spiro atoms. The fourth-order valence-electron chi connectivity index (χ4n) is 2.43. The van der Waals surface area contributed by atoms with Gasteiger partial charge in [0.05, 0.1) is 0 Å². The minimum Gasteiger partial charge on any atom is -0.316 e. The van der Waals surface area contributed by atoms with Crippen molar-refractivity contribution in [3.8, 4) is 11.4 Å². The summed E-state index contributed by atoms with van der Waals surface area (Å²) < 4.78 is 0. The first kappa shape index (κ1) is 11.4. The van der Waals surface area contributed by atoms with E-state index >= 15 is 0 Å². The zero-order chi connectivity index (χ0) is 12.2. The molecule has 1 fully saturated rings. The Morgan fingerprint density at radius 3 is 2.89 bits per heavy atom. The maximum absolute atomic E-state index is 4.55. The number of hydrogen-bond donors (Lipinski definition) is 2. The van der Waals surface area contributed by atoms with E-state index in [-0.39, 0.29) is 0 Å². The standard InChI is InChI=1S/C14H18N4/c1-2-4-12(5-3-1)14-16-13(17-18-14)7-6-11-8-9-15-10-11/h1-5,11,15H,6-10H2,(H,16,17,18). The molecule has 1 aliphatic heterocycles. The Hall–Kier alpha value is -1.68. The zero-order valence-corrected chi connectivity index (χ0v) is 10.4. The summed E-state index contributed by atoms with van der Waals surface area (Å²) in [5.74, 6) is 2.60. The topological polar surface area (TPSA) is 53.6 Å². The highest BCUT2D eigenvalue weighted by Gasteiger charge is 2.15. The molecule has 1 aromatic heterocycles. The molecule has 4 heteroatoms. The van der Waals surface area contributed by atoms with Crippen LogP contribution < -0.4 is 5.32 Å². The summed E-state index contributed by atoms with van der Waals surface area (Å²) in [7, 11) is 0. The zero-order valence-electron chi connectivity index (χ0n) is 10.4. The van der Waals surface area contributed by atoms with Crippen LogP contribution in [0.4, 0.5) is 0 Å². The number of aromatic amines is 1. The highest BCUT2D eigenvalue weighted by Crippen LogP contribution is 2.17. The number of hydrogen-bond acceptors (Lipinski definition) is 3. The van der Waals surface area contributed by atoms with E-state index in [0.717, 1.165) is 42.6 Å². The van der Waals surface area contributed by atoms with Crippen molar-refractivity contribution >= 4 is 0 Å². The molecule has 2 aromatic rings. The van der Waals surface area contributed by atoms with E-state index < -0.39 is 0 Å². The van der Waals surface area contributed by atoms with Gasteiger partial charge < -0.3 is 5.32 Å². The average molecular weight is 242 g/mol. The summed E-state index contributed by atoms with van der Waals surface area (Å²) in [5.41, 5.74) is 1.07. The third kappa shape index (κ3) is 2.59. The first-order valence-electron chi connectivity index (χ1n) is 6.59. The largest absolute Gasteiger partial charge is 0.316 e. The highest BCUT2D eigenvalue weighted by molar-refractivity contribution is 5.53. The number of nitrogens with zero attached hydrogens (tertiary/aromatic N) is 2. The van der Waals surface area contributed by atoms with Gasteiger partial charge in [-0.1, -0.05) is 30.3 Å². The lowest BCUT2D eigenvalue weighted by atomic mass is 10.0. The number of nitrogens with one attached hydrogen (secondary N) is 2. The maximum Gasteiger partial charge on any atom is 0.181 e. The van der Waals surface area contributed by atoms with E-state index in [2.05, 4.69) is 20.5 Å². The van der Waals surface area contributed by atoms with E-state index in [1.54, 1.807) is 0 Å². The van der Waals surface area contributed by atoms with Gasteiger partial charge in [0.1, 0.15) is 5.82 Å². The van der Waals surface area contributed by atoms with E-state index in [9.17, 15) is 0 Å². The van der Waals surface area contributed by atoms with Gasteiger partial charge in [-0.05, 0) is 31.8 Å². The fourth-order valence-corrected chi connectivity index (χ4v) is 2.43. The molecule has 1 aromatic carbocycles. The molecule has 94 valence electrons. The molecule has 0 aliphatic carbocycles. The third-order valence-corrected chi connectivity index (χ3v) is 3.52. The van der Waals surface area contributed by atoms with Crippen LogP contribution >= 0.6 is 0 Å². The van der Waals surface area contributed by atoms with E-state index in [4.69, 9.17) is 0 Å². The number of benzene rings is 1. The Labute approximate surface area is 107 Å². The van der Waals surface area contributed by atoms with Gasteiger partial charge in [0.25, 0.3) is 0 Å². The van der Waals surface area contributed by atoms with Crippen LogP contribution in [0.15, 0.2) is 30.3 Å². The molecule has 2 heterocycles. The lowest BCUT2D eigenvalue weighted by Gasteiger charge is -2.04. The molecule has 1 unspecified atom stereocenters. The molecular formula is C14H18N4. The Morgan fingerprint density at radius 1 is 1.22 bits per heavy atom. The van der Waals surface area contributed by atoms with Crippen molar-refractivity contribution in [2.45, 2.75) is 19.3 Å². The molecule has 0 saturated carbocycles. The molecule has 0 radical (unpaired) electrons. The molecule has 3 rings (SSSR count). The molecule has 0 amide bonds. The van der Waals surface area contributed by atoms with Crippen molar-refractivity contribution in [3.05, 3.63) is 36.2 Å². The SMILES string of the molecule is c1ccc(-c2n[nH]c(CCC3CCNC3)n2)cc1. The quantitative estimate of drug-likeness (QED) is 0.862. The fraction of sp³-hybridized carbons (Fsp3) is 0.429. The Balaban J connectivity index is 1.63. The van der Waals surface area contributed by atoms with Gasteiger partial charge in [0.15, 0.2) is 5.82 Å². The Bertz CT molecular complexity index is 486. The summed E-state index contributed by atoms with van der Waals surface area (Å²) in [5, 5.41) is 10.7. The van der Waals surface area contributed by atoms with Crippen LogP contribution in [-0.4, -0.2) is 28.3 Å². The summed E-state index contributed by atoms with van der Waals surface area (Å²) >= 11 is 0. The predicted molar refractivity (Wildman–Crippen MR) is 71.1 cm³/mol. The third-order valence-electron chi connectivity index (χ3n) is 3.52. The monoisotopic (exact) mass is 242 g/mol. The van der Waals surface area contributed by atoms with Gasteiger partial charge in [-0.2, -0.15) is 5.10 Å². The molecule has 1 aliphatic rings. The van der Waals surface area contributed by atoms with E-state index in [0.29, 0.717) is 0 Å². The highest BCUT2D eigenvalue weighted by atomic mass is 15.2. The van der Waals surface area contributed by atoms with Crippen LogP contribution in [0.5, 0.6) is 0 Å². The van der Waals surface area contributed by atoms with Gasteiger partial charge in [0.2, 0.25) is 0 Å². The van der Waals surface area contributed by atoms with Crippen LogP contribution in [0.25, 0.3) is 11.4 Å². The molecule has 1 saturated heterocycles. The van der Waals surface area contributed by atoms with Crippen LogP contribution in [0.3, 0.4) is 0 Å². The summed E-state index contributed by atoms with van der Waals surface area (Å²) in [6.45, 7) is 2.32. The molecule has 0 bridgehead atoms. The van der Waals surface area contributed by atoms with Gasteiger partial charge >= 0.3 is 0 Å². The first-order valence-corrected chi connectivity index (χ1v) is 6.59. The molecular weight excluding hydrogens is 224 g/mol. The number of H-pyrrole nitrogens is 1. The first-order chi connectivity index (χ1) is 8.92. The number of aromatic nitrogens is 3. The molecule has 18 heavy (non-hydrogen) atoms. The van der Waals surface area contributed by atoms with Crippen molar-refractivity contribution in [2.24, 2.45) is 5.92 Å². The van der Waals surface area contributed by atoms with Gasteiger partial charge in [-0.25, -0.2) is 4.98 Å². The minimum atomic E-state index is 0.801. The lowest BCUT2D eigenvalue weighted by Crippen LogP contribution is -2.09. The second kappa shape index (κ2) is 5.31. The molecule has 1 atom stereocenters. The minimum absolute atomic E-state index is 0.801. The van der Waals surface area contributed by atoms with Crippen molar-refractivity contribution in [1.82, 2.24) is 20.5 Å². The normalized spacial score (nSPS) is 19.2. The number of rotatable bonds is 4. The predicted octanol–water partition coefficient (Wildman–Crippen LogP) is 2.01. The summed E-state index contributed by atoms with van der Waals surface area (Å²) in [6, 6.07) is 10.1.